The van der Waals surface area contributed by atoms with Crippen molar-refractivity contribution in [1.82, 2.24) is 10.3 Å². The number of nitrogens with one attached hydrogen (secondary N) is 1. The summed E-state index contributed by atoms with van der Waals surface area (Å²) in [5.74, 6) is 0.941. The highest BCUT2D eigenvalue weighted by molar-refractivity contribution is 7.09. The van der Waals surface area contributed by atoms with E-state index in [1.54, 1.807) is 11.3 Å². The maximum absolute atomic E-state index is 6.16. The van der Waals surface area contributed by atoms with Gasteiger partial charge in [0.2, 0.25) is 0 Å². The molecule has 0 aliphatic rings. The lowest BCUT2D eigenvalue weighted by Crippen LogP contribution is -2.13. The largest absolute Gasteiger partial charge is 0.489 e. The van der Waals surface area contributed by atoms with Gasteiger partial charge in [-0.15, -0.1) is 11.3 Å². The molecule has 0 aliphatic heterocycles. The van der Waals surface area contributed by atoms with Gasteiger partial charge in [0.15, 0.2) is 0 Å². The molecule has 0 saturated carbocycles. The van der Waals surface area contributed by atoms with Gasteiger partial charge in [-0.1, -0.05) is 51.1 Å². The summed E-state index contributed by atoms with van der Waals surface area (Å²) < 4.78 is 6.16. The van der Waals surface area contributed by atoms with E-state index in [1.165, 1.54) is 11.1 Å². The molecule has 0 spiro atoms. The first-order valence-corrected chi connectivity index (χ1v) is 9.76. The Morgan fingerprint density at radius 3 is 2.54 bits per heavy atom. The van der Waals surface area contributed by atoms with E-state index in [1.807, 2.05) is 25.2 Å². The number of thiazole rings is 1. The summed E-state index contributed by atoms with van der Waals surface area (Å²) in [6, 6.07) is 16.7. The quantitative estimate of drug-likeness (QED) is 0.634. The molecular formula is C22H26N2OS. The fourth-order valence-corrected chi connectivity index (χ4v) is 3.63. The Hall–Kier alpha value is -2.17. The van der Waals surface area contributed by atoms with Crippen LogP contribution in [0.3, 0.4) is 0 Å². The number of benzene rings is 2. The summed E-state index contributed by atoms with van der Waals surface area (Å²) in [6.45, 7) is 8.03. The molecule has 1 aromatic heterocycles. The van der Waals surface area contributed by atoms with Gasteiger partial charge in [-0.2, -0.15) is 0 Å². The van der Waals surface area contributed by atoms with Crippen molar-refractivity contribution in [1.29, 1.82) is 0 Å². The second kappa shape index (κ2) is 8.02. The number of hydrogen-bond donors (Lipinski definition) is 1. The highest BCUT2D eigenvalue weighted by Crippen LogP contribution is 2.35. The van der Waals surface area contributed by atoms with Crippen LogP contribution in [-0.4, -0.2) is 12.0 Å². The smallest absolute Gasteiger partial charge is 0.123 e. The minimum Gasteiger partial charge on any atom is -0.489 e. The van der Waals surface area contributed by atoms with E-state index >= 15 is 0 Å². The van der Waals surface area contributed by atoms with Gasteiger partial charge in [0.1, 0.15) is 17.4 Å². The van der Waals surface area contributed by atoms with Crippen LogP contribution < -0.4 is 10.1 Å². The zero-order valence-electron chi connectivity index (χ0n) is 15.9. The summed E-state index contributed by atoms with van der Waals surface area (Å²) in [5, 5.41) is 6.38. The van der Waals surface area contributed by atoms with Crippen LogP contribution in [0, 0.1) is 0 Å². The van der Waals surface area contributed by atoms with E-state index in [0.717, 1.165) is 28.6 Å². The Bertz CT molecular complexity index is 850. The molecule has 136 valence electrons. The van der Waals surface area contributed by atoms with Crippen molar-refractivity contribution in [2.24, 2.45) is 0 Å². The third kappa shape index (κ3) is 4.51. The fraction of sp³-hybridized carbons (Fsp3) is 0.318. The molecular weight excluding hydrogens is 340 g/mol. The number of hydrogen-bond acceptors (Lipinski definition) is 4. The fourth-order valence-electron chi connectivity index (χ4n) is 2.81. The van der Waals surface area contributed by atoms with Crippen LogP contribution in [0.4, 0.5) is 0 Å². The van der Waals surface area contributed by atoms with Crippen molar-refractivity contribution in [2.45, 2.75) is 39.3 Å². The maximum atomic E-state index is 6.16. The van der Waals surface area contributed by atoms with E-state index in [9.17, 15) is 0 Å². The minimum absolute atomic E-state index is 0.00808. The molecule has 3 nitrogen and oxygen atoms in total. The van der Waals surface area contributed by atoms with E-state index in [2.05, 4.69) is 61.8 Å². The molecule has 0 saturated heterocycles. The van der Waals surface area contributed by atoms with Gasteiger partial charge in [0, 0.05) is 23.1 Å². The molecule has 2 aromatic carbocycles. The van der Waals surface area contributed by atoms with Crippen LogP contribution in [0.15, 0.2) is 53.9 Å². The first kappa shape index (κ1) is 18.6. The Morgan fingerprint density at radius 1 is 1.08 bits per heavy atom. The first-order valence-electron chi connectivity index (χ1n) is 8.88. The second-order valence-electron chi connectivity index (χ2n) is 7.39. The molecule has 0 radical (unpaired) electrons. The predicted octanol–water partition coefficient (Wildman–Crippen LogP) is 5.41. The van der Waals surface area contributed by atoms with Gasteiger partial charge in [0.05, 0.1) is 5.69 Å². The average molecular weight is 367 g/mol. The lowest BCUT2D eigenvalue weighted by molar-refractivity contribution is 0.297. The average Bonchev–Trinajstić information content (AvgIpc) is 3.09. The second-order valence-corrected chi connectivity index (χ2v) is 8.33. The number of rotatable bonds is 6. The van der Waals surface area contributed by atoms with Crippen molar-refractivity contribution in [3.63, 3.8) is 0 Å². The lowest BCUT2D eigenvalue weighted by Gasteiger charge is -2.23. The van der Waals surface area contributed by atoms with E-state index in [-0.39, 0.29) is 5.41 Å². The molecule has 3 aromatic rings. The molecule has 0 unspecified atom stereocenters. The molecule has 1 N–H and O–H groups in total. The van der Waals surface area contributed by atoms with Crippen LogP contribution in [0.25, 0.3) is 11.3 Å². The van der Waals surface area contributed by atoms with Crippen molar-refractivity contribution in [2.75, 3.05) is 7.05 Å². The van der Waals surface area contributed by atoms with Gasteiger partial charge in [-0.3, -0.25) is 0 Å². The van der Waals surface area contributed by atoms with Gasteiger partial charge < -0.3 is 10.1 Å². The number of ether oxygens (including phenoxy) is 1. The molecule has 0 aliphatic carbocycles. The number of nitrogens with zero attached hydrogens (tertiary/aromatic N) is 1. The Morgan fingerprint density at radius 2 is 1.85 bits per heavy atom. The first-order chi connectivity index (χ1) is 12.5. The summed E-state index contributed by atoms with van der Waals surface area (Å²) in [7, 11) is 1.94. The molecule has 0 atom stereocenters. The van der Waals surface area contributed by atoms with Crippen LogP contribution >= 0.6 is 11.3 Å². The summed E-state index contributed by atoms with van der Waals surface area (Å²) in [4.78, 5) is 4.73. The minimum atomic E-state index is -0.00808. The molecule has 0 fully saturated rings. The maximum Gasteiger partial charge on any atom is 0.123 e. The Labute approximate surface area is 160 Å². The van der Waals surface area contributed by atoms with Crippen molar-refractivity contribution in [3.05, 3.63) is 70.0 Å². The zero-order valence-corrected chi connectivity index (χ0v) is 16.7. The van der Waals surface area contributed by atoms with E-state index in [4.69, 9.17) is 9.72 Å². The van der Waals surface area contributed by atoms with Crippen LogP contribution in [0.5, 0.6) is 5.75 Å². The summed E-state index contributed by atoms with van der Waals surface area (Å²) in [5.41, 5.74) is 4.54. The normalized spacial score (nSPS) is 11.5. The highest BCUT2D eigenvalue weighted by Gasteiger charge is 2.20. The van der Waals surface area contributed by atoms with Crippen molar-refractivity contribution >= 4 is 11.3 Å². The molecule has 4 heteroatoms. The third-order valence-corrected chi connectivity index (χ3v) is 5.05. The molecule has 26 heavy (non-hydrogen) atoms. The SMILES string of the molecule is CNCc1nc(-c2ccc(OCc3ccccc3)c(C(C)(C)C)c2)cs1. The predicted molar refractivity (Wildman–Crippen MR) is 110 cm³/mol. The summed E-state index contributed by atoms with van der Waals surface area (Å²) in [6.07, 6.45) is 0. The lowest BCUT2D eigenvalue weighted by atomic mass is 9.85. The van der Waals surface area contributed by atoms with Crippen LogP contribution in [-0.2, 0) is 18.6 Å². The standard InChI is InChI=1S/C22H26N2OS/c1-22(2,3)18-12-17(19-15-26-21(24-19)13-23-4)10-11-20(18)25-14-16-8-6-5-7-9-16/h5-12,15,23H,13-14H2,1-4H3. The summed E-state index contributed by atoms with van der Waals surface area (Å²) >= 11 is 1.69. The topological polar surface area (TPSA) is 34.2 Å². The van der Waals surface area contributed by atoms with Gasteiger partial charge in [0.25, 0.3) is 0 Å². The van der Waals surface area contributed by atoms with Crippen molar-refractivity contribution < 1.29 is 4.74 Å². The van der Waals surface area contributed by atoms with E-state index in [0.29, 0.717) is 6.61 Å². The van der Waals surface area contributed by atoms with Crippen molar-refractivity contribution in [3.8, 4) is 17.0 Å². The molecule has 0 bridgehead atoms. The molecule has 0 amide bonds. The third-order valence-electron chi connectivity index (χ3n) is 4.20. The Balaban J connectivity index is 1.88. The highest BCUT2D eigenvalue weighted by atomic mass is 32.1. The van der Waals surface area contributed by atoms with E-state index < -0.39 is 0 Å². The monoisotopic (exact) mass is 366 g/mol. The van der Waals surface area contributed by atoms with Gasteiger partial charge in [-0.25, -0.2) is 4.98 Å². The van der Waals surface area contributed by atoms with Crippen LogP contribution in [0.1, 0.15) is 36.9 Å². The van der Waals surface area contributed by atoms with Gasteiger partial charge in [-0.05, 0) is 36.2 Å². The molecule has 1 heterocycles. The zero-order chi connectivity index (χ0) is 18.6. The molecule has 3 rings (SSSR count). The van der Waals surface area contributed by atoms with Gasteiger partial charge >= 0.3 is 0 Å². The Kier molecular flexibility index (Phi) is 5.74. The number of aromatic nitrogens is 1. The van der Waals surface area contributed by atoms with Crippen LogP contribution in [0.2, 0.25) is 0 Å².